The number of hydrogen-bond donors (Lipinski definition) is 2. The van der Waals surface area contributed by atoms with Crippen LogP contribution in [0.5, 0.6) is 0 Å². The van der Waals surface area contributed by atoms with Gasteiger partial charge in [-0.1, -0.05) is 15.9 Å². The Labute approximate surface area is 108 Å². The fraction of sp³-hybridized carbons (Fsp3) is 0.200. The first kappa shape index (κ1) is 14.5. The molecule has 2 amide bonds. The number of benzene rings is 1. The van der Waals surface area contributed by atoms with Crippen LogP contribution in [0.15, 0.2) is 22.7 Å². The third-order valence-corrected chi connectivity index (χ3v) is 2.45. The summed E-state index contributed by atoms with van der Waals surface area (Å²) in [6.45, 7) is -0.522. The summed E-state index contributed by atoms with van der Waals surface area (Å²) in [5, 5.41) is 2.00. The summed E-state index contributed by atoms with van der Waals surface area (Å²) in [5.41, 5.74) is 3.14. The molecule has 0 radical (unpaired) electrons. The minimum atomic E-state index is -4.66. The summed E-state index contributed by atoms with van der Waals surface area (Å²) in [6.07, 6.45) is -4.66. The van der Waals surface area contributed by atoms with Crippen molar-refractivity contribution in [2.24, 2.45) is 5.73 Å². The zero-order valence-corrected chi connectivity index (χ0v) is 10.4. The largest absolute Gasteiger partial charge is 0.417 e. The molecule has 0 saturated heterocycles. The van der Waals surface area contributed by atoms with E-state index in [9.17, 15) is 22.8 Å². The number of carbonyl (C=O) groups excluding carboxylic acids is 2. The van der Waals surface area contributed by atoms with Crippen molar-refractivity contribution in [2.45, 2.75) is 6.18 Å². The van der Waals surface area contributed by atoms with E-state index in [0.717, 1.165) is 12.1 Å². The van der Waals surface area contributed by atoms with Gasteiger partial charge in [0.1, 0.15) is 0 Å². The third kappa shape index (κ3) is 3.73. The van der Waals surface area contributed by atoms with E-state index in [2.05, 4.69) is 15.9 Å². The number of primary amides is 1. The van der Waals surface area contributed by atoms with Gasteiger partial charge in [0, 0.05) is 4.47 Å². The van der Waals surface area contributed by atoms with Crippen LogP contribution in [-0.2, 0) is 11.0 Å². The maximum Gasteiger partial charge on any atom is 0.417 e. The Hall–Kier alpha value is -1.57. The highest BCUT2D eigenvalue weighted by Gasteiger charge is 2.35. The van der Waals surface area contributed by atoms with Crippen LogP contribution in [0, 0.1) is 0 Å². The molecule has 0 aromatic heterocycles. The number of nitrogens with one attached hydrogen (secondary N) is 1. The molecule has 0 fully saturated rings. The van der Waals surface area contributed by atoms with Crippen LogP contribution in [-0.4, -0.2) is 18.4 Å². The number of halogens is 4. The van der Waals surface area contributed by atoms with Gasteiger partial charge in [-0.15, -0.1) is 0 Å². The van der Waals surface area contributed by atoms with Crippen LogP contribution < -0.4 is 11.1 Å². The molecule has 0 atom stereocenters. The molecule has 3 N–H and O–H groups in total. The lowest BCUT2D eigenvalue weighted by atomic mass is 10.1. The fourth-order valence-electron chi connectivity index (χ4n) is 1.21. The Kier molecular flexibility index (Phi) is 4.33. The molecule has 0 bridgehead atoms. The van der Waals surface area contributed by atoms with Crippen LogP contribution in [0.3, 0.4) is 0 Å². The van der Waals surface area contributed by atoms with Gasteiger partial charge >= 0.3 is 6.18 Å². The first-order valence-electron chi connectivity index (χ1n) is 4.65. The van der Waals surface area contributed by atoms with E-state index >= 15 is 0 Å². The van der Waals surface area contributed by atoms with Gasteiger partial charge in [-0.2, -0.15) is 13.2 Å². The van der Waals surface area contributed by atoms with Gasteiger partial charge in [-0.25, -0.2) is 0 Å². The van der Waals surface area contributed by atoms with E-state index < -0.39 is 35.7 Å². The Morgan fingerprint density at radius 3 is 2.44 bits per heavy atom. The first-order chi connectivity index (χ1) is 8.21. The highest BCUT2D eigenvalue weighted by Crippen LogP contribution is 2.33. The minimum Gasteiger partial charge on any atom is -0.368 e. The Balaban J connectivity index is 3.08. The number of hydrogen-bond acceptors (Lipinski definition) is 2. The molecule has 8 heteroatoms. The zero-order chi connectivity index (χ0) is 13.9. The van der Waals surface area contributed by atoms with Crippen molar-refractivity contribution in [2.75, 3.05) is 6.54 Å². The van der Waals surface area contributed by atoms with E-state index in [0.29, 0.717) is 0 Å². The van der Waals surface area contributed by atoms with Crippen LogP contribution in [0.1, 0.15) is 15.9 Å². The maximum atomic E-state index is 12.7. The molecule has 0 aliphatic heterocycles. The van der Waals surface area contributed by atoms with Crippen molar-refractivity contribution >= 4 is 27.7 Å². The topological polar surface area (TPSA) is 72.2 Å². The van der Waals surface area contributed by atoms with Crippen molar-refractivity contribution in [3.63, 3.8) is 0 Å². The lowest BCUT2D eigenvalue weighted by molar-refractivity contribution is -0.138. The van der Waals surface area contributed by atoms with Gasteiger partial charge in [0.15, 0.2) is 0 Å². The second-order valence-electron chi connectivity index (χ2n) is 3.34. The normalized spacial score (nSPS) is 11.1. The maximum absolute atomic E-state index is 12.7. The number of amides is 2. The summed E-state index contributed by atoms with van der Waals surface area (Å²) in [5.74, 6) is -1.84. The van der Waals surface area contributed by atoms with Gasteiger partial charge in [0.25, 0.3) is 5.91 Å². The summed E-state index contributed by atoms with van der Waals surface area (Å²) in [6, 6.07) is 3.11. The van der Waals surface area contributed by atoms with Crippen LogP contribution >= 0.6 is 15.9 Å². The molecule has 98 valence electrons. The third-order valence-electron chi connectivity index (χ3n) is 1.95. The molecule has 1 aromatic carbocycles. The summed E-state index contributed by atoms with van der Waals surface area (Å²) in [7, 11) is 0. The van der Waals surface area contributed by atoms with Gasteiger partial charge in [0.2, 0.25) is 5.91 Å². The van der Waals surface area contributed by atoms with Crippen molar-refractivity contribution in [3.8, 4) is 0 Å². The van der Waals surface area contributed by atoms with E-state index in [1.165, 1.54) is 6.07 Å². The van der Waals surface area contributed by atoms with Gasteiger partial charge in [-0.3, -0.25) is 9.59 Å². The van der Waals surface area contributed by atoms with Gasteiger partial charge in [0.05, 0.1) is 17.7 Å². The Morgan fingerprint density at radius 1 is 1.33 bits per heavy atom. The molecule has 4 nitrogen and oxygen atoms in total. The van der Waals surface area contributed by atoms with Gasteiger partial charge < -0.3 is 11.1 Å². The molecule has 0 aliphatic carbocycles. The second-order valence-corrected chi connectivity index (χ2v) is 4.25. The van der Waals surface area contributed by atoms with Crippen molar-refractivity contribution in [3.05, 3.63) is 33.8 Å². The molecular formula is C10H8BrF3N2O2. The smallest absolute Gasteiger partial charge is 0.368 e. The highest BCUT2D eigenvalue weighted by atomic mass is 79.9. The molecule has 0 saturated carbocycles. The lowest BCUT2D eigenvalue weighted by Crippen LogP contribution is -2.34. The highest BCUT2D eigenvalue weighted by molar-refractivity contribution is 9.10. The average Bonchev–Trinajstić information content (AvgIpc) is 2.24. The predicted molar refractivity (Wildman–Crippen MR) is 60.7 cm³/mol. The zero-order valence-electron chi connectivity index (χ0n) is 8.84. The van der Waals surface area contributed by atoms with Crippen molar-refractivity contribution in [1.29, 1.82) is 0 Å². The molecular weight excluding hydrogens is 317 g/mol. The first-order valence-corrected chi connectivity index (χ1v) is 5.44. The average molecular weight is 325 g/mol. The number of alkyl halides is 3. The predicted octanol–water partition coefficient (Wildman–Crippen LogP) is 1.68. The number of nitrogens with two attached hydrogens (primary N) is 1. The fourth-order valence-corrected chi connectivity index (χ4v) is 1.57. The number of rotatable bonds is 3. The van der Waals surface area contributed by atoms with Crippen LogP contribution in [0.4, 0.5) is 13.2 Å². The van der Waals surface area contributed by atoms with E-state index in [-0.39, 0.29) is 4.47 Å². The molecule has 0 unspecified atom stereocenters. The summed E-state index contributed by atoms with van der Waals surface area (Å²) < 4.78 is 38.3. The quantitative estimate of drug-likeness (QED) is 0.888. The minimum absolute atomic E-state index is 0.196. The number of carbonyl (C=O) groups is 2. The molecule has 0 heterocycles. The molecule has 0 aliphatic rings. The van der Waals surface area contributed by atoms with Crippen molar-refractivity contribution < 1.29 is 22.8 Å². The van der Waals surface area contributed by atoms with Gasteiger partial charge in [-0.05, 0) is 18.2 Å². The summed E-state index contributed by atoms with van der Waals surface area (Å²) >= 11 is 2.89. The molecule has 0 spiro atoms. The van der Waals surface area contributed by atoms with E-state index in [1.807, 2.05) is 5.32 Å². The second kappa shape index (κ2) is 5.38. The van der Waals surface area contributed by atoms with Crippen LogP contribution in [0.25, 0.3) is 0 Å². The van der Waals surface area contributed by atoms with Crippen LogP contribution in [0.2, 0.25) is 0 Å². The SMILES string of the molecule is NC(=O)CNC(=O)c1ccc(Br)cc1C(F)(F)F. The molecule has 18 heavy (non-hydrogen) atoms. The lowest BCUT2D eigenvalue weighted by Gasteiger charge is -2.12. The Bertz CT molecular complexity index is 489. The summed E-state index contributed by atoms with van der Waals surface area (Å²) in [4.78, 5) is 21.9. The van der Waals surface area contributed by atoms with E-state index in [1.54, 1.807) is 0 Å². The monoisotopic (exact) mass is 324 g/mol. The molecule has 1 aromatic rings. The van der Waals surface area contributed by atoms with E-state index in [4.69, 9.17) is 5.73 Å². The standard InChI is InChI=1S/C10H8BrF3N2O2/c11-5-1-2-6(7(3-5)10(12,13)14)9(18)16-4-8(15)17/h1-3H,4H2,(H2,15,17)(H,16,18). The van der Waals surface area contributed by atoms with Crippen molar-refractivity contribution in [1.82, 2.24) is 5.32 Å². The Morgan fingerprint density at radius 2 is 1.94 bits per heavy atom. The molecule has 1 rings (SSSR count).